The Morgan fingerprint density at radius 3 is 2.03 bits per heavy atom. The molecule has 0 radical (unpaired) electrons. The fourth-order valence-corrected chi connectivity index (χ4v) is 3.79. The van der Waals surface area contributed by atoms with Crippen molar-refractivity contribution in [1.29, 1.82) is 0 Å². The number of Topliss-reactive ketones (excluding diaryl/α,β-unsaturated/α-hetero) is 1. The molecule has 0 amide bonds. The van der Waals surface area contributed by atoms with Crippen LogP contribution in [0.15, 0.2) is 24.3 Å². The predicted octanol–water partition coefficient (Wildman–Crippen LogP) is 2.83. The zero-order valence-electron chi connectivity index (χ0n) is 18.3. The Hall–Kier alpha value is -2.41. The molecule has 0 aliphatic heterocycles. The minimum absolute atomic E-state index is 0.00511. The number of hydrogen-bond donors (Lipinski definition) is 2. The first-order valence-corrected chi connectivity index (χ1v) is 10.3. The Balaban J connectivity index is 2.51. The molecule has 1 fully saturated rings. The Morgan fingerprint density at radius 2 is 1.53 bits per heavy atom. The molecule has 7 nitrogen and oxygen atoms in total. The maximum Gasteiger partial charge on any atom is 0.317 e. The molecule has 1 aliphatic carbocycles. The number of carbonyl (C=O) groups is 3. The fourth-order valence-electron chi connectivity index (χ4n) is 3.79. The fraction of sp³-hybridized carbons (Fsp3) is 0.609. The highest BCUT2D eigenvalue weighted by molar-refractivity contribution is 6.02. The third kappa shape index (κ3) is 5.59. The molecule has 1 saturated carbocycles. The summed E-state index contributed by atoms with van der Waals surface area (Å²) in [6.07, 6.45) is -0.357. The lowest BCUT2D eigenvalue weighted by atomic mass is 9.61. The van der Waals surface area contributed by atoms with Gasteiger partial charge in [0.05, 0.1) is 24.7 Å². The molecule has 1 aliphatic rings. The van der Waals surface area contributed by atoms with Crippen LogP contribution in [0, 0.1) is 23.7 Å². The van der Waals surface area contributed by atoms with E-state index in [1.807, 2.05) is 27.7 Å². The molecular weight excluding hydrogens is 388 g/mol. The highest BCUT2D eigenvalue weighted by atomic mass is 16.5. The first-order valence-electron chi connectivity index (χ1n) is 10.3. The van der Waals surface area contributed by atoms with Crippen molar-refractivity contribution in [2.75, 3.05) is 13.2 Å². The van der Waals surface area contributed by atoms with E-state index in [2.05, 4.69) is 0 Å². The van der Waals surface area contributed by atoms with Crippen molar-refractivity contribution in [2.45, 2.75) is 52.6 Å². The summed E-state index contributed by atoms with van der Waals surface area (Å²) in [5.41, 5.74) is -1.22. The summed E-state index contributed by atoms with van der Waals surface area (Å²) in [7, 11) is 0. The van der Waals surface area contributed by atoms with E-state index in [0.29, 0.717) is 5.56 Å². The molecule has 1 aromatic carbocycles. The molecule has 0 aromatic heterocycles. The topological polar surface area (TPSA) is 110 Å². The van der Waals surface area contributed by atoms with Crippen LogP contribution in [0.25, 0.3) is 0 Å². The highest BCUT2D eigenvalue weighted by Crippen LogP contribution is 2.47. The lowest BCUT2D eigenvalue weighted by Crippen LogP contribution is -2.55. The second kappa shape index (κ2) is 9.60. The summed E-state index contributed by atoms with van der Waals surface area (Å²) in [5.74, 6) is -5.06. The van der Waals surface area contributed by atoms with Gasteiger partial charge in [-0.2, -0.15) is 0 Å². The predicted molar refractivity (Wildman–Crippen MR) is 110 cm³/mol. The lowest BCUT2D eigenvalue weighted by Gasteiger charge is -2.43. The summed E-state index contributed by atoms with van der Waals surface area (Å²) in [4.78, 5) is 38.8. The van der Waals surface area contributed by atoms with Crippen LogP contribution in [0.1, 0.15) is 52.5 Å². The number of rotatable bonds is 7. The second-order valence-corrected chi connectivity index (χ2v) is 9.12. The van der Waals surface area contributed by atoms with Crippen LogP contribution < -0.4 is 0 Å². The van der Waals surface area contributed by atoms with Gasteiger partial charge in [-0.1, -0.05) is 39.8 Å². The molecular formula is C23H32O7. The summed E-state index contributed by atoms with van der Waals surface area (Å²) in [5, 5.41) is 20.7. The van der Waals surface area contributed by atoms with E-state index in [0.717, 1.165) is 0 Å². The van der Waals surface area contributed by atoms with Crippen LogP contribution in [0.3, 0.4) is 0 Å². The first kappa shape index (κ1) is 23.9. The number of carbonyl (C=O) groups excluding carboxylic acids is 3. The Kier molecular flexibility index (Phi) is 7.64. The number of benzene rings is 1. The summed E-state index contributed by atoms with van der Waals surface area (Å²) in [6, 6.07) is 5.91. The van der Waals surface area contributed by atoms with Gasteiger partial charge >= 0.3 is 11.9 Å². The zero-order valence-corrected chi connectivity index (χ0v) is 18.3. The first-order chi connectivity index (χ1) is 13.9. The van der Waals surface area contributed by atoms with Crippen LogP contribution >= 0.6 is 0 Å². The van der Waals surface area contributed by atoms with Crippen LogP contribution in [0.5, 0.6) is 5.75 Å². The molecule has 0 saturated heterocycles. The molecule has 166 valence electrons. The van der Waals surface area contributed by atoms with E-state index < -0.39 is 41.1 Å². The lowest BCUT2D eigenvalue weighted by molar-refractivity contribution is -0.173. The second-order valence-electron chi connectivity index (χ2n) is 9.12. The highest BCUT2D eigenvalue weighted by Gasteiger charge is 2.57. The monoisotopic (exact) mass is 420 g/mol. The number of phenolic OH excluding ortho intramolecular Hbond substituents is 1. The van der Waals surface area contributed by atoms with Gasteiger partial charge in [0.1, 0.15) is 11.7 Å². The minimum Gasteiger partial charge on any atom is -0.508 e. The summed E-state index contributed by atoms with van der Waals surface area (Å²) in [6.45, 7) is 9.25. The quantitative estimate of drug-likeness (QED) is 0.515. The minimum atomic E-state index is -1.69. The van der Waals surface area contributed by atoms with Gasteiger partial charge in [0, 0.05) is 12.3 Å². The third-order valence-electron chi connectivity index (χ3n) is 5.17. The molecule has 1 aromatic rings. The third-order valence-corrected chi connectivity index (χ3v) is 5.17. The van der Waals surface area contributed by atoms with Gasteiger partial charge in [0.25, 0.3) is 0 Å². The molecule has 0 unspecified atom stereocenters. The van der Waals surface area contributed by atoms with Gasteiger partial charge in [-0.3, -0.25) is 14.4 Å². The van der Waals surface area contributed by atoms with Gasteiger partial charge in [-0.15, -0.1) is 0 Å². The van der Waals surface area contributed by atoms with Crippen molar-refractivity contribution in [3.8, 4) is 5.75 Å². The van der Waals surface area contributed by atoms with E-state index in [4.69, 9.17) is 9.47 Å². The van der Waals surface area contributed by atoms with Gasteiger partial charge in [-0.05, 0) is 36.5 Å². The van der Waals surface area contributed by atoms with Crippen LogP contribution in [0.4, 0.5) is 0 Å². The van der Waals surface area contributed by atoms with E-state index in [1.165, 1.54) is 19.1 Å². The largest absolute Gasteiger partial charge is 0.508 e. The number of aromatic hydroxyl groups is 1. The molecule has 7 heteroatoms. The van der Waals surface area contributed by atoms with Crippen LogP contribution in [-0.2, 0) is 23.9 Å². The molecule has 0 heterocycles. The molecule has 2 rings (SSSR count). The standard InChI is InChI=1S/C23H32O7/c1-13(2)11-29-21(26)19-17(25)10-23(5,28)20(22(27)30-12-14(3)4)18(19)15-6-8-16(24)9-7-15/h6-9,13-14,18-20,24,28H,10-12H2,1-5H3/t18-,19-,20-,23+/m1/s1. The average molecular weight is 421 g/mol. The van der Waals surface area contributed by atoms with Gasteiger partial charge in [0.15, 0.2) is 5.78 Å². The molecule has 2 N–H and O–H groups in total. The Bertz CT molecular complexity index is 764. The van der Waals surface area contributed by atoms with Gasteiger partial charge < -0.3 is 19.7 Å². The van der Waals surface area contributed by atoms with Crippen molar-refractivity contribution in [2.24, 2.45) is 23.7 Å². The van der Waals surface area contributed by atoms with Crippen molar-refractivity contribution >= 4 is 17.7 Å². The van der Waals surface area contributed by atoms with E-state index in [9.17, 15) is 24.6 Å². The van der Waals surface area contributed by atoms with E-state index in [-0.39, 0.29) is 37.2 Å². The Morgan fingerprint density at radius 1 is 1.03 bits per heavy atom. The van der Waals surface area contributed by atoms with Gasteiger partial charge in [-0.25, -0.2) is 0 Å². The number of ether oxygens (including phenoxy) is 2. The molecule has 0 spiro atoms. The number of esters is 2. The number of ketones is 1. The Labute approximate surface area is 177 Å². The summed E-state index contributed by atoms with van der Waals surface area (Å²) >= 11 is 0. The van der Waals surface area contributed by atoms with Crippen molar-refractivity contribution < 1.29 is 34.1 Å². The smallest absolute Gasteiger partial charge is 0.317 e. The summed E-state index contributed by atoms with van der Waals surface area (Å²) < 4.78 is 10.7. The SMILES string of the molecule is CC(C)COC(=O)[C@@H]1C(=O)C[C@](C)(O)[C@@H](C(=O)OCC(C)C)[C@@H]1c1ccc(O)cc1. The average Bonchev–Trinajstić information content (AvgIpc) is 2.63. The maximum absolute atomic E-state index is 13.0. The van der Waals surface area contributed by atoms with Crippen LogP contribution in [0.2, 0.25) is 0 Å². The number of hydrogen-bond acceptors (Lipinski definition) is 7. The van der Waals surface area contributed by atoms with Crippen molar-refractivity contribution in [3.05, 3.63) is 29.8 Å². The number of phenols is 1. The molecule has 4 atom stereocenters. The van der Waals surface area contributed by atoms with E-state index in [1.54, 1.807) is 12.1 Å². The van der Waals surface area contributed by atoms with Crippen LogP contribution in [-0.4, -0.2) is 46.7 Å². The molecule has 30 heavy (non-hydrogen) atoms. The number of aliphatic hydroxyl groups is 1. The van der Waals surface area contributed by atoms with Gasteiger partial charge in [0.2, 0.25) is 0 Å². The maximum atomic E-state index is 13.0. The molecule has 0 bridgehead atoms. The van der Waals surface area contributed by atoms with Crippen molar-refractivity contribution in [1.82, 2.24) is 0 Å². The van der Waals surface area contributed by atoms with E-state index >= 15 is 0 Å². The van der Waals surface area contributed by atoms with Crippen molar-refractivity contribution in [3.63, 3.8) is 0 Å². The zero-order chi connectivity index (χ0) is 22.6. The normalized spacial score (nSPS) is 26.7.